The summed E-state index contributed by atoms with van der Waals surface area (Å²) in [4.78, 5) is 38.4. The van der Waals surface area contributed by atoms with Crippen molar-refractivity contribution in [3.8, 4) is 5.75 Å². The molecule has 0 radical (unpaired) electrons. The van der Waals surface area contributed by atoms with Crippen LogP contribution in [0, 0.1) is 0 Å². The van der Waals surface area contributed by atoms with E-state index in [1.54, 1.807) is 13.2 Å². The molecule has 1 aliphatic heterocycles. The topological polar surface area (TPSA) is 92.7 Å². The summed E-state index contributed by atoms with van der Waals surface area (Å²) in [6.07, 6.45) is 2.41. The highest BCUT2D eigenvalue weighted by molar-refractivity contribution is 6.04. The number of fused-ring (bicyclic) bond motifs is 1. The number of hydrogen-bond acceptors (Lipinski definition) is 4. The van der Waals surface area contributed by atoms with E-state index in [-0.39, 0.29) is 31.2 Å². The molecule has 1 aromatic heterocycles. The predicted octanol–water partition coefficient (Wildman–Crippen LogP) is 2.67. The van der Waals surface area contributed by atoms with Crippen LogP contribution in [0.25, 0.3) is 10.9 Å². The fourth-order valence-electron chi connectivity index (χ4n) is 3.94. The summed E-state index contributed by atoms with van der Waals surface area (Å²) in [6, 6.07) is 16.2. The molecule has 2 heterocycles. The van der Waals surface area contributed by atoms with Crippen molar-refractivity contribution in [1.29, 1.82) is 0 Å². The van der Waals surface area contributed by atoms with E-state index in [9.17, 15) is 14.4 Å². The molecule has 0 bridgehead atoms. The molecular weight excluding hydrogens is 408 g/mol. The first-order chi connectivity index (χ1) is 15.6. The molecule has 0 saturated carbocycles. The van der Waals surface area contributed by atoms with Crippen molar-refractivity contribution in [2.45, 2.75) is 32.0 Å². The van der Waals surface area contributed by atoms with Crippen LogP contribution in [0.15, 0.2) is 60.8 Å². The van der Waals surface area contributed by atoms with Crippen LogP contribution in [-0.2, 0) is 22.7 Å². The molecule has 8 nitrogen and oxygen atoms in total. The number of ether oxygens (including phenoxy) is 1. The van der Waals surface area contributed by atoms with Gasteiger partial charge in [-0.1, -0.05) is 36.4 Å². The first-order valence-corrected chi connectivity index (χ1v) is 10.6. The van der Waals surface area contributed by atoms with Gasteiger partial charge in [-0.05, 0) is 30.0 Å². The Morgan fingerprint density at radius 1 is 1.09 bits per heavy atom. The molecule has 0 spiro atoms. The standard InChI is InChI=1S/C24H26N4O4/c1-32-21-9-5-3-7-18(21)16-28-23(30)19(26-24(28)31)10-11-22(29)25-13-15-27-14-12-17-6-2-4-8-20(17)27/h2-9,12,14,19H,10-11,13,15-16H2,1H3,(H,25,29)(H,26,31)/t19-/m1/s1. The number of urea groups is 1. The number of nitrogens with zero attached hydrogens (tertiary/aromatic N) is 2. The van der Waals surface area contributed by atoms with Gasteiger partial charge < -0.3 is 19.9 Å². The number of nitrogens with one attached hydrogen (secondary N) is 2. The van der Waals surface area contributed by atoms with Crippen LogP contribution in [0.3, 0.4) is 0 Å². The Kier molecular flexibility index (Phi) is 6.39. The number of hydrogen-bond donors (Lipinski definition) is 2. The summed E-state index contributed by atoms with van der Waals surface area (Å²) in [5, 5.41) is 6.73. The third-order valence-electron chi connectivity index (χ3n) is 5.64. The van der Waals surface area contributed by atoms with E-state index in [1.165, 1.54) is 0 Å². The second-order valence-corrected chi connectivity index (χ2v) is 7.69. The molecule has 0 unspecified atom stereocenters. The van der Waals surface area contributed by atoms with Crippen LogP contribution in [0.5, 0.6) is 5.75 Å². The first kappa shape index (κ1) is 21.4. The number of para-hydroxylation sites is 2. The van der Waals surface area contributed by atoms with E-state index in [2.05, 4.69) is 21.3 Å². The lowest BCUT2D eigenvalue weighted by molar-refractivity contribution is -0.128. The molecule has 4 amide bonds. The van der Waals surface area contributed by atoms with Crippen molar-refractivity contribution in [2.24, 2.45) is 0 Å². The first-order valence-electron chi connectivity index (χ1n) is 10.6. The van der Waals surface area contributed by atoms with Gasteiger partial charge in [-0.2, -0.15) is 0 Å². The van der Waals surface area contributed by atoms with E-state index < -0.39 is 12.1 Å². The van der Waals surface area contributed by atoms with Gasteiger partial charge in [0.05, 0.1) is 13.7 Å². The summed E-state index contributed by atoms with van der Waals surface area (Å²) in [7, 11) is 1.55. The summed E-state index contributed by atoms with van der Waals surface area (Å²) >= 11 is 0. The van der Waals surface area contributed by atoms with Crippen LogP contribution in [-0.4, -0.2) is 47.0 Å². The van der Waals surface area contributed by atoms with Gasteiger partial charge in [0.1, 0.15) is 11.8 Å². The van der Waals surface area contributed by atoms with Gasteiger partial charge in [-0.25, -0.2) is 4.79 Å². The fourth-order valence-corrected chi connectivity index (χ4v) is 3.94. The minimum atomic E-state index is -0.698. The quantitative estimate of drug-likeness (QED) is 0.507. The molecule has 2 N–H and O–H groups in total. The number of imide groups is 1. The molecule has 4 rings (SSSR count). The van der Waals surface area contributed by atoms with E-state index in [0.717, 1.165) is 21.4 Å². The highest BCUT2D eigenvalue weighted by Crippen LogP contribution is 2.22. The smallest absolute Gasteiger partial charge is 0.325 e. The van der Waals surface area contributed by atoms with E-state index in [0.29, 0.717) is 18.8 Å². The Morgan fingerprint density at radius 2 is 1.88 bits per heavy atom. The number of aromatic nitrogens is 1. The van der Waals surface area contributed by atoms with Crippen LogP contribution >= 0.6 is 0 Å². The van der Waals surface area contributed by atoms with Gasteiger partial charge in [-0.15, -0.1) is 0 Å². The maximum absolute atomic E-state index is 12.7. The Hall–Kier alpha value is -3.81. The lowest BCUT2D eigenvalue weighted by Gasteiger charge is -2.15. The zero-order valence-electron chi connectivity index (χ0n) is 17.9. The van der Waals surface area contributed by atoms with Crippen molar-refractivity contribution in [3.05, 3.63) is 66.4 Å². The summed E-state index contributed by atoms with van der Waals surface area (Å²) in [6.45, 7) is 1.27. The number of carbonyl (C=O) groups is 3. The number of methoxy groups -OCH3 is 1. The second kappa shape index (κ2) is 9.55. The largest absolute Gasteiger partial charge is 0.496 e. The van der Waals surface area contributed by atoms with E-state index in [4.69, 9.17) is 4.74 Å². The maximum atomic E-state index is 12.7. The monoisotopic (exact) mass is 434 g/mol. The number of carbonyl (C=O) groups excluding carboxylic acids is 3. The van der Waals surface area contributed by atoms with E-state index in [1.807, 2.05) is 48.7 Å². The van der Waals surface area contributed by atoms with Crippen LogP contribution in [0.1, 0.15) is 18.4 Å². The van der Waals surface area contributed by atoms with Gasteiger partial charge in [0.25, 0.3) is 5.91 Å². The molecule has 2 aromatic carbocycles. The van der Waals surface area contributed by atoms with Gasteiger partial charge in [0.2, 0.25) is 5.91 Å². The van der Waals surface area contributed by atoms with Crippen molar-refractivity contribution < 1.29 is 19.1 Å². The zero-order chi connectivity index (χ0) is 22.5. The number of rotatable bonds is 9. The predicted molar refractivity (Wildman–Crippen MR) is 120 cm³/mol. The average molecular weight is 434 g/mol. The molecule has 166 valence electrons. The normalized spacial score (nSPS) is 15.8. The molecule has 1 saturated heterocycles. The molecule has 3 aromatic rings. The highest BCUT2D eigenvalue weighted by Gasteiger charge is 2.38. The third-order valence-corrected chi connectivity index (χ3v) is 5.64. The van der Waals surface area contributed by atoms with Crippen molar-refractivity contribution in [1.82, 2.24) is 20.1 Å². The SMILES string of the molecule is COc1ccccc1CN1C(=O)N[C@H](CCC(=O)NCCn2ccc3ccccc32)C1=O. The van der Waals surface area contributed by atoms with Crippen molar-refractivity contribution >= 4 is 28.7 Å². The molecule has 1 fully saturated rings. The summed E-state index contributed by atoms with van der Waals surface area (Å²) in [5.74, 6) is 0.144. The maximum Gasteiger partial charge on any atom is 0.325 e. The van der Waals surface area contributed by atoms with Gasteiger partial charge >= 0.3 is 6.03 Å². The Morgan fingerprint density at radius 3 is 2.72 bits per heavy atom. The number of amides is 4. The summed E-state index contributed by atoms with van der Waals surface area (Å²) < 4.78 is 7.38. The van der Waals surface area contributed by atoms with Crippen molar-refractivity contribution in [3.63, 3.8) is 0 Å². The van der Waals surface area contributed by atoms with Gasteiger partial charge in [0.15, 0.2) is 0 Å². The number of benzene rings is 2. The lowest BCUT2D eigenvalue weighted by Crippen LogP contribution is -2.33. The molecule has 32 heavy (non-hydrogen) atoms. The molecule has 1 atom stereocenters. The van der Waals surface area contributed by atoms with Crippen LogP contribution in [0.2, 0.25) is 0 Å². The lowest BCUT2D eigenvalue weighted by atomic mass is 10.1. The fraction of sp³-hybridized carbons (Fsp3) is 0.292. The average Bonchev–Trinajstić information content (AvgIpc) is 3.34. The van der Waals surface area contributed by atoms with Crippen LogP contribution < -0.4 is 15.4 Å². The third kappa shape index (κ3) is 4.59. The second-order valence-electron chi connectivity index (χ2n) is 7.69. The Labute approximate surface area is 186 Å². The highest BCUT2D eigenvalue weighted by atomic mass is 16.5. The van der Waals surface area contributed by atoms with Crippen LogP contribution in [0.4, 0.5) is 4.79 Å². The van der Waals surface area contributed by atoms with Gasteiger partial charge in [-0.3, -0.25) is 14.5 Å². The molecular formula is C24H26N4O4. The van der Waals surface area contributed by atoms with E-state index >= 15 is 0 Å². The molecule has 1 aliphatic rings. The summed E-state index contributed by atoms with van der Waals surface area (Å²) in [5.41, 5.74) is 1.87. The Bertz CT molecular complexity index is 1140. The van der Waals surface area contributed by atoms with Gasteiger partial charge in [0, 0.05) is 36.8 Å². The minimum absolute atomic E-state index is 0.127. The molecule has 0 aliphatic carbocycles. The Balaban J connectivity index is 1.25. The van der Waals surface area contributed by atoms with Crippen molar-refractivity contribution in [2.75, 3.05) is 13.7 Å². The zero-order valence-corrected chi connectivity index (χ0v) is 17.9. The minimum Gasteiger partial charge on any atom is -0.496 e. The molecule has 8 heteroatoms.